The molecule has 29 heavy (non-hydrogen) atoms. The first-order valence-electron chi connectivity index (χ1n) is 8.92. The van der Waals surface area contributed by atoms with Gasteiger partial charge in [0, 0.05) is 11.3 Å². The molecule has 2 aromatic carbocycles. The first kappa shape index (κ1) is 18.5. The van der Waals surface area contributed by atoms with Crippen molar-refractivity contribution in [1.82, 2.24) is 14.5 Å². The maximum Gasteiger partial charge on any atom is 0.320 e. The fourth-order valence-electron chi connectivity index (χ4n) is 3.22. The van der Waals surface area contributed by atoms with Gasteiger partial charge < -0.3 is 14.2 Å². The summed E-state index contributed by atoms with van der Waals surface area (Å²) in [5, 5.41) is 0.281. The molecule has 7 heteroatoms. The van der Waals surface area contributed by atoms with E-state index in [1.807, 2.05) is 60.7 Å². The van der Waals surface area contributed by atoms with Crippen LogP contribution in [0, 0.1) is 0 Å². The molecule has 0 N–H and O–H groups in total. The molecular formula is C22H19N3O4. The summed E-state index contributed by atoms with van der Waals surface area (Å²) in [7, 11) is 4.53. The highest BCUT2D eigenvalue weighted by Gasteiger charge is 2.19. The summed E-state index contributed by atoms with van der Waals surface area (Å²) in [5.74, 6) is 0.853. The lowest BCUT2D eigenvalue weighted by molar-refractivity contribution is 0.356. The minimum Gasteiger partial charge on any atom is -0.497 e. The highest BCUT2D eigenvalue weighted by Crippen LogP contribution is 2.30. The molecule has 0 saturated carbocycles. The van der Waals surface area contributed by atoms with Crippen LogP contribution in [0.25, 0.3) is 27.8 Å². The number of methoxy groups -OCH3 is 3. The second kappa shape index (κ2) is 7.63. The van der Waals surface area contributed by atoms with Gasteiger partial charge in [0.15, 0.2) is 0 Å². The summed E-state index contributed by atoms with van der Waals surface area (Å²) >= 11 is 0. The molecule has 0 saturated heterocycles. The summed E-state index contributed by atoms with van der Waals surface area (Å²) in [6.07, 6.45) is 0. The lowest BCUT2D eigenvalue weighted by Crippen LogP contribution is -2.21. The van der Waals surface area contributed by atoms with Crippen LogP contribution in [-0.2, 0) is 0 Å². The highest BCUT2D eigenvalue weighted by molar-refractivity contribution is 5.87. The highest BCUT2D eigenvalue weighted by atomic mass is 16.5. The van der Waals surface area contributed by atoms with Crippen LogP contribution in [0.3, 0.4) is 0 Å². The van der Waals surface area contributed by atoms with E-state index in [2.05, 4.69) is 9.97 Å². The Hall–Kier alpha value is -3.87. The van der Waals surface area contributed by atoms with Crippen LogP contribution in [0.2, 0.25) is 0 Å². The second-order valence-electron chi connectivity index (χ2n) is 6.22. The van der Waals surface area contributed by atoms with Crippen LogP contribution >= 0.6 is 0 Å². The first-order valence-corrected chi connectivity index (χ1v) is 8.92. The molecule has 4 aromatic rings. The van der Waals surface area contributed by atoms with Crippen molar-refractivity contribution in [1.29, 1.82) is 0 Å². The Morgan fingerprint density at radius 2 is 1.62 bits per heavy atom. The van der Waals surface area contributed by atoms with Crippen molar-refractivity contribution in [3.8, 4) is 34.6 Å². The summed E-state index contributed by atoms with van der Waals surface area (Å²) in [6, 6.07) is 18.9. The third kappa shape index (κ3) is 3.27. The van der Waals surface area contributed by atoms with Crippen LogP contribution in [-0.4, -0.2) is 35.9 Å². The van der Waals surface area contributed by atoms with Gasteiger partial charge in [-0.05, 0) is 30.3 Å². The third-order valence-corrected chi connectivity index (χ3v) is 4.57. The van der Waals surface area contributed by atoms with Gasteiger partial charge in [-0.1, -0.05) is 30.3 Å². The van der Waals surface area contributed by atoms with Crippen molar-refractivity contribution < 1.29 is 14.2 Å². The zero-order valence-corrected chi connectivity index (χ0v) is 16.2. The van der Waals surface area contributed by atoms with Crippen LogP contribution in [0.15, 0.2) is 65.5 Å². The van der Waals surface area contributed by atoms with Gasteiger partial charge in [0.1, 0.15) is 11.1 Å². The quantitative estimate of drug-likeness (QED) is 0.520. The Morgan fingerprint density at radius 1 is 0.828 bits per heavy atom. The predicted octanol–water partition coefficient (Wildman–Crippen LogP) is 3.47. The average Bonchev–Trinajstić information content (AvgIpc) is 2.78. The minimum atomic E-state index is -0.286. The van der Waals surface area contributed by atoms with Gasteiger partial charge in [0.2, 0.25) is 5.88 Å². The molecule has 4 rings (SSSR count). The molecule has 2 aromatic heterocycles. The van der Waals surface area contributed by atoms with E-state index in [0.29, 0.717) is 17.0 Å². The van der Waals surface area contributed by atoms with Gasteiger partial charge in [0.05, 0.1) is 32.5 Å². The Kier molecular flexibility index (Phi) is 4.87. The van der Waals surface area contributed by atoms with E-state index in [1.54, 1.807) is 11.7 Å². The van der Waals surface area contributed by atoms with E-state index in [0.717, 1.165) is 11.3 Å². The molecule has 146 valence electrons. The Morgan fingerprint density at radius 3 is 2.31 bits per heavy atom. The molecular weight excluding hydrogens is 370 g/mol. The maximum absolute atomic E-state index is 13.6. The lowest BCUT2D eigenvalue weighted by Gasteiger charge is -2.16. The van der Waals surface area contributed by atoms with E-state index in [9.17, 15) is 4.79 Å². The Bertz CT molecular complexity index is 1240. The van der Waals surface area contributed by atoms with Crippen LogP contribution in [0.5, 0.6) is 17.6 Å². The molecule has 0 bridgehead atoms. The van der Waals surface area contributed by atoms with E-state index in [4.69, 9.17) is 14.2 Å². The topological polar surface area (TPSA) is 75.5 Å². The third-order valence-electron chi connectivity index (χ3n) is 4.57. The standard InChI is InChI=1S/C22H19N3O4/c1-27-16-11-7-8-14(12-16)18-13-17-19(20(28-2)24-22(23-17)29-3)21(26)25(18)15-9-5-4-6-10-15/h4-13H,1-3H3. The second-order valence-corrected chi connectivity index (χ2v) is 6.22. The van der Waals surface area contributed by atoms with E-state index in [1.165, 1.54) is 14.2 Å². The van der Waals surface area contributed by atoms with Gasteiger partial charge in [-0.15, -0.1) is 0 Å². The number of para-hydroxylation sites is 1. The molecule has 0 aliphatic carbocycles. The van der Waals surface area contributed by atoms with Gasteiger partial charge in [0.25, 0.3) is 5.56 Å². The van der Waals surface area contributed by atoms with Crippen molar-refractivity contribution in [2.24, 2.45) is 0 Å². The number of pyridine rings is 1. The smallest absolute Gasteiger partial charge is 0.320 e. The average molecular weight is 389 g/mol. The Labute approximate surface area is 167 Å². The zero-order valence-electron chi connectivity index (χ0n) is 16.2. The van der Waals surface area contributed by atoms with Crippen LogP contribution in [0.1, 0.15) is 0 Å². The molecule has 0 aliphatic heterocycles. The summed E-state index contributed by atoms with van der Waals surface area (Å²) in [6.45, 7) is 0. The number of hydrogen-bond acceptors (Lipinski definition) is 6. The van der Waals surface area contributed by atoms with E-state index < -0.39 is 0 Å². The van der Waals surface area contributed by atoms with E-state index >= 15 is 0 Å². The number of nitrogens with zero attached hydrogens (tertiary/aromatic N) is 3. The van der Waals surface area contributed by atoms with Crippen LogP contribution in [0.4, 0.5) is 0 Å². The predicted molar refractivity (Wildman–Crippen MR) is 110 cm³/mol. The maximum atomic E-state index is 13.6. The lowest BCUT2D eigenvalue weighted by atomic mass is 10.1. The number of rotatable bonds is 5. The minimum absolute atomic E-state index is 0.128. The van der Waals surface area contributed by atoms with Gasteiger partial charge in [-0.2, -0.15) is 9.97 Å². The molecule has 0 aliphatic rings. The number of hydrogen-bond donors (Lipinski definition) is 0. The Balaban J connectivity index is 2.14. The molecule has 7 nitrogen and oxygen atoms in total. The van der Waals surface area contributed by atoms with Crippen molar-refractivity contribution in [2.45, 2.75) is 0 Å². The van der Waals surface area contributed by atoms with Crippen molar-refractivity contribution >= 4 is 10.9 Å². The van der Waals surface area contributed by atoms with Gasteiger partial charge in [-0.25, -0.2) is 0 Å². The SMILES string of the molecule is COc1cccc(-c2cc3nc(OC)nc(OC)c3c(=O)n2-c2ccccc2)c1. The molecule has 0 fully saturated rings. The summed E-state index contributed by atoms with van der Waals surface area (Å²) in [4.78, 5) is 22.1. The fourth-order valence-corrected chi connectivity index (χ4v) is 3.22. The number of ether oxygens (including phenoxy) is 3. The molecule has 0 amide bonds. The molecule has 0 spiro atoms. The van der Waals surface area contributed by atoms with Gasteiger partial charge >= 0.3 is 6.01 Å². The number of fused-ring (bicyclic) bond motifs is 1. The molecule has 2 heterocycles. The van der Waals surface area contributed by atoms with Crippen molar-refractivity contribution in [3.63, 3.8) is 0 Å². The molecule has 0 radical (unpaired) electrons. The normalized spacial score (nSPS) is 10.7. The molecule has 0 atom stereocenters. The monoisotopic (exact) mass is 389 g/mol. The van der Waals surface area contributed by atoms with Crippen LogP contribution < -0.4 is 19.8 Å². The fraction of sp³-hybridized carbons (Fsp3) is 0.136. The van der Waals surface area contributed by atoms with Crippen molar-refractivity contribution in [3.05, 3.63) is 71.0 Å². The molecule has 0 unspecified atom stereocenters. The number of aromatic nitrogens is 3. The van der Waals surface area contributed by atoms with E-state index in [-0.39, 0.29) is 22.8 Å². The first-order chi connectivity index (χ1) is 14.2. The number of benzene rings is 2. The van der Waals surface area contributed by atoms with Gasteiger partial charge in [-0.3, -0.25) is 9.36 Å². The largest absolute Gasteiger partial charge is 0.497 e. The summed E-state index contributed by atoms with van der Waals surface area (Å²) < 4.78 is 17.5. The zero-order chi connectivity index (χ0) is 20.4. The summed E-state index contributed by atoms with van der Waals surface area (Å²) in [5.41, 5.74) is 2.34. The van der Waals surface area contributed by atoms with Crippen molar-refractivity contribution in [2.75, 3.05) is 21.3 Å².